The standard InChI is InChI=1S/C19H26O2S/c1-13-9-10-15-17(11-13)21-18(22-19(15,2)3)16(20)12-14-7-5-4-6-8-14/h4-8,13,15,17-18H,9-12H2,1-3H3/t13-,15-,17-,18-/m1/s1. The lowest BCUT2D eigenvalue weighted by Crippen LogP contribution is -2.50. The first kappa shape index (κ1) is 16.1. The molecule has 1 aliphatic heterocycles. The zero-order valence-corrected chi connectivity index (χ0v) is 14.6. The maximum absolute atomic E-state index is 12.7. The highest BCUT2D eigenvalue weighted by molar-refractivity contribution is 8.01. The maximum atomic E-state index is 12.7. The van der Waals surface area contributed by atoms with Crippen LogP contribution in [0.5, 0.6) is 0 Å². The SMILES string of the molecule is C[C@@H]1CC[C@@H]2[C@@H](C1)O[C@@H](C(=O)Cc1ccccc1)SC2(C)C. The Morgan fingerprint density at radius 2 is 2.00 bits per heavy atom. The summed E-state index contributed by atoms with van der Waals surface area (Å²) in [5.41, 5.74) is 0.774. The molecule has 120 valence electrons. The molecule has 22 heavy (non-hydrogen) atoms. The van der Waals surface area contributed by atoms with Crippen molar-refractivity contribution in [3.63, 3.8) is 0 Å². The van der Waals surface area contributed by atoms with Crippen molar-refractivity contribution in [1.82, 2.24) is 0 Å². The van der Waals surface area contributed by atoms with E-state index in [2.05, 4.69) is 20.8 Å². The van der Waals surface area contributed by atoms with Crippen LogP contribution in [0.15, 0.2) is 30.3 Å². The third-order valence-electron chi connectivity index (χ3n) is 5.14. The summed E-state index contributed by atoms with van der Waals surface area (Å²) >= 11 is 1.73. The van der Waals surface area contributed by atoms with E-state index >= 15 is 0 Å². The van der Waals surface area contributed by atoms with Crippen molar-refractivity contribution in [1.29, 1.82) is 0 Å². The van der Waals surface area contributed by atoms with E-state index in [4.69, 9.17) is 4.74 Å². The molecular weight excluding hydrogens is 292 g/mol. The molecule has 0 unspecified atom stereocenters. The number of carbonyl (C=O) groups excluding carboxylic acids is 1. The third kappa shape index (κ3) is 3.41. The molecule has 0 aromatic heterocycles. The van der Waals surface area contributed by atoms with Crippen LogP contribution >= 0.6 is 11.8 Å². The Morgan fingerprint density at radius 3 is 2.73 bits per heavy atom. The van der Waals surface area contributed by atoms with Crippen LogP contribution in [0.4, 0.5) is 0 Å². The predicted molar refractivity (Wildman–Crippen MR) is 92.0 cm³/mol. The smallest absolute Gasteiger partial charge is 0.176 e. The fraction of sp³-hybridized carbons (Fsp3) is 0.632. The van der Waals surface area contributed by atoms with E-state index in [1.54, 1.807) is 11.8 Å². The van der Waals surface area contributed by atoms with Gasteiger partial charge in [0.2, 0.25) is 0 Å². The van der Waals surface area contributed by atoms with Crippen molar-refractivity contribution in [3.05, 3.63) is 35.9 Å². The van der Waals surface area contributed by atoms with Crippen LogP contribution in [0.1, 0.15) is 45.6 Å². The van der Waals surface area contributed by atoms with Crippen LogP contribution in [-0.2, 0) is 16.0 Å². The molecule has 1 aromatic rings. The van der Waals surface area contributed by atoms with Gasteiger partial charge in [0.25, 0.3) is 0 Å². The summed E-state index contributed by atoms with van der Waals surface area (Å²) in [7, 11) is 0. The number of hydrogen-bond acceptors (Lipinski definition) is 3. The molecule has 2 aliphatic rings. The summed E-state index contributed by atoms with van der Waals surface area (Å²) in [6.07, 6.45) is 4.35. The van der Waals surface area contributed by atoms with E-state index < -0.39 is 0 Å². The van der Waals surface area contributed by atoms with E-state index in [9.17, 15) is 4.79 Å². The van der Waals surface area contributed by atoms with E-state index in [1.165, 1.54) is 12.8 Å². The molecule has 0 spiro atoms. The van der Waals surface area contributed by atoms with Crippen LogP contribution in [0.3, 0.4) is 0 Å². The third-order valence-corrected chi connectivity index (χ3v) is 6.64. The Kier molecular flexibility index (Phi) is 4.65. The zero-order valence-electron chi connectivity index (χ0n) is 13.7. The Bertz CT molecular complexity index is 525. The summed E-state index contributed by atoms with van der Waals surface area (Å²) < 4.78 is 6.37. The van der Waals surface area contributed by atoms with Gasteiger partial charge in [-0.05, 0) is 30.2 Å². The summed E-state index contributed by atoms with van der Waals surface area (Å²) in [5, 5.41) is 0. The predicted octanol–water partition coefficient (Wildman–Crippen LogP) is 4.47. The number of ether oxygens (including phenoxy) is 1. The minimum Gasteiger partial charge on any atom is -0.356 e. The van der Waals surface area contributed by atoms with E-state index in [-0.39, 0.29) is 22.1 Å². The molecule has 0 bridgehead atoms. The highest BCUT2D eigenvalue weighted by Crippen LogP contribution is 2.50. The molecule has 0 amide bonds. The number of benzene rings is 1. The van der Waals surface area contributed by atoms with Crippen LogP contribution in [0, 0.1) is 11.8 Å². The van der Waals surface area contributed by atoms with E-state index in [0.29, 0.717) is 18.3 Å². The fourth-order valence-electron chi connectivity index (χ4n) is 3.85. The molecule has 1 aromatic carbocycles. The number of carbonyl (C=O) groups is 1. The van der Waals surface area contributed by atoms with Gasteiger partial charge in [-0.25, -0.2) is 0 Å². The van der Waals surface area contributed by atoms with Crippen molar-refractivity contribution in [2.75, 3.05) is 0 Å². The highest BCUT2D eigenvalue weighted by atomic mass is 32.2. The Labute approximate surface area is 138 Å². The first-order chi connectivity index (χ1) is 10.5. The molecule has 1 saturated heterocycles. The van der Waals surface area contributed by atoms with Gasteiger partial charge in [0.1, 0.15) is 0 Å². The molecule has 2 fully saturated rings. The molecule has 1 aliphatic carbocycles. The second-order valence-electron chi connectivity index (χ2n) is 7.38. The summed E-state index contributed by atoms with van der Waals surface area (Å²) in [4.78, 5) is 12.7. The largest absolute Gasteiger partial charge is 0.356 e. The van der Waals surface area contributed by atoms with Gasteiger partial charge in [0, 0.05) is 11.2 Å². The minimum atomic E-state index is -0.304. The summed E-state index contributed by atoms with van der Waals surface area (Å²) in [6, 6.07) is 9.99. The van der Waals surface area contributed by atoms with Crippen molar-refractivity contribution in [3.8, 4) is 0 Å². The lowest BCUT2D eigenvalue weighted by molar-refractivity contribution is -0.133. The monoisotopic (exact) mass is 318 g/mol. The van der Waals surface area contributed by atoms with Crippen LogP contribution in [0.25, 0.3) is 0 Å². The molecular formula is C19H26O2S. The maximum Gasteiger partial charge on any atom is 0.176 e. The number of thioether (sulfide) groups is 1. The molecule has 3 heteroatoms. The van der Waals surface area contributed by atoms with Crippen molar-refractivity contribution in [2.45, 2.75) is 62.7 Å². The minimum absolute atomic E-state index is 0.125. The number of hydrogen-bond donors (Lipinski definition) is 0. The summed E-state index contributed by atoms with van der Waals surface area (Å²) in [5.74, 6) is 1.50. The van der Waals surface area contributed by atoms with E-state index in [0.717, 1.165) is 12.0 Å². The Morgan fingerprint density at radius 1 is 1.27 bits per heavy atom. The molecule has 4 atom stereocenters. The van der Waals surface area contributed by atoms with Crippen molar-refractivity contribution in [2.24, 2.45) is 11.8 Å². The number of ketones is 1. The highest BCUT2D eigenvalue weighted by Gasteiger charge is 2.47. The summed E-state index contributed by atoms with van der Waals surface area (Å²) in [6.45, 7) is 6.88. The van der Waals surface area contributed by atoms with Crippen molar-refractivity contribution >= 4 is 17.5 Å². The van der Waals surface area contributed by atoms with Gasteiger partial charge in [-0.15, -0.1) is 11.8 Å². The van der Waals surface area contributed by atoms with Gasteiger partial charge < -0.3 is 4.74 Å². The van der Waals surface area contributed by atoms with Gasteiger partial charge >= 0.3 is 0 Å². The molecule has 1 heterocycles. The molecule has 2 nitrogen and oxygen atoms in total. The van der Waals surface area contributed by atoms with E-state index in [1.807, 2.05) is 30.3 Å². The van der Waals surface area contributed by atoms with Gasteiger partial charge in [-0.3, -0.25) is 4.79 Å². The number of fused-ring (bicyclic) bond motifs is 1. The van der Waals surface area contributed by atoms with Gasteiger partial charge in [0.15, 0.2) is 11.2 Å². The quantitative estimate of drug-likeness (QED) is 0.822. The van der Waals surface area contributed by atoms with Crippen molar-refractivity contribution < 1.29 is 9.53 Å². The van der Waals surface area contributed by atoms with Gasteiger partial charge in [0.05, 0.1) is 6.10 Å². The topological polar surface area (TPSA) is 26.3 Å². The van der Waals surface area contributed by atoms with Crippen LogP contribution in [-0.4, -0.2) is 22.1 Å². The van der Waals surface area contributed by atoms with Gasteiger partial charge in [-0.2, -0.15) is 0 Å². The normalized spacial score (nSPS) is 34.0. The second-order valence-corrected chi connectivity index (χ2v) is 9.10. The lowest BCUT2D eigenvalue weighted by atomic mass is 9.75. The Hall–Kier alpha value is -0.800. The molecule has 3 rings (SSSR count). The average molecular weight is 318 g/mol. The fourth-order valence-corrected chi connectivity index (χ4v) is 5.26. The molecule has 0 N–H and O–H groups in total. The second kappa shape index (κ2) is 6.37. The van der Waals surface area contributed by atoms with Crippen LogP contribution < -0.4 is 0 Å². The molecule has 1 saturated carbocycles. The first-order valence-electron chi connectivity index (χ1n) is 8.35. The number of Topliss-reactive ketones (excluding diaryl/α,β-unsaturated/α-hetero) is 1. The molecule has 0 radical (unpaired) electrons. The zero-order chi connectivity index (χ0) is 15.7. The number of rotatable bonds is 3. The van der Waals surface area contributed by atoms with Gasteiger partial charge in [-0.1, -0.05) is 57.5 Å². The Balaban J connectivity index is 1.70. The first-order valence-corrected chi connectivity index (χ1v) is 9.23. The van der Waals surface area contributed by atoms with Crippen LogP contribution in [0.2, 0.25) is 0 Å². The average Bonchev–Trinajstić information content (AvgIpc) is 2.46. The lowest BCUT2D eigenvalue weighted by Gasteiger charge is -2.49.